The normalized spacial score (nSPS) is 33.4. The van der Waals surface area contributed by atoms with Crippen LogP contribution in [-0.4, -0.2) is 22.7 Å². The molecule has 4 nitrogen and oxygen atoms in total. The number of halogens is 3. The van der Waals surface area contributed by atoms with Gasteiger partial charge in [-0.3, -0.25) is 4.79 Å². The fourth-order valence-corrected chi connectivity index (χ4v) is 2.82. The number of alkyl halides is 2. The summed E-state index contributed by atoms with van der Waals surface area (Å²) in [6.45, 7) is 0. The molecular formula is C10H8ClF2N3O. The van der Waals surface area contributed by atoms with Crippen LogP contribution in [0.25, 0.3) is 0 Å². The molecule has 17 heavy (non-hydrogen) atoms. The van der Waals surface area contributed by atoms with Gasteiger partial charge in [-0.15, -0.1) is 0 Å². The maximum absolute atomic E-state index is 12.8. The van der Waals surface area contributed by atoms with Gasteiger partial charge in [-0.2, -0.15) is 0 Å². The molecule has 90 valence electrons. The van der Waals surface area contributed by atoms with Crippen LogP contribution in [0.5, 0.6) is 0 Å². The van der Waals surface area contributed by atoms with Crippen molar-refractivity contribution in [3.8, 4) is 0 Å². The van der Waals surface area contributed by atoms with Crippen LogP contribution in [-0.2, 0) is 5.41 Å². The number of nitrogens with two attached hydrogens (primary N) is 1. The van der Waals surface area contributed by atoms with Crippen molar-refractivity contribution in [2.24, 2.45) is 5.41 Å². The Balaban J connectivity index is 2.10. The molecule has 0 aliphatic heterocycles. The van der Waals surface area contributed by atoms with Crippen molar-refractivity contribution in [1.29, 1.82) is 0 Å². The van der Waals surface area contributed by atoms with E-state index < -0.39 is 17.3 Å². The quantitative estimate of drug-likeness (QED) is 0.664. The third kappa shape index (κ3) is 1.14. The van der Waals surface area contributed by atoms with Crippen LogP contribution in [0.2, 0.25) is 5.28 Å². The Morgan fingerprint density at radius 1 is 1.41 bits per heavy atom. The molecule has 0 saturated heterocycles. The summed E-state index contributed by atoms with van der Waals surface area (Å²) < 4.78 is 25.6. The second-order valence-corrected chi connectivity index (χ2v) is 4.99. The molecule has 3 rings (SSSR count). The van der Waals surface area contributed by atoms with Crippen molar-refractivity contribution >= 4 is 23.7 Å². The molecule has 2 saturated carbocycles. The van der Waals surface area contributed by atoms with Crippen LogP contribution in [0, 0.1) is 5.41 Å². The monoisotopic (exact) mass is 259 g/mol. The lowest BCUT2D eigenvalue weighted by molar-refractivity contribution is 0.0927. The molecule has 0 amide bonds. The van der Waals surface area contributed by atoms with Crippen LogP contribution < -0.4 is 5.73 Å². The smallest absolute Gasteiger partial charge is 0.245 e. The number of carbonyl (C=O) groups is 1. The van der Waals surface area contributed by atoms with Crippen molar-refractivity contribution < 1.29 is 13.6 Å². The average Bonchev–Trinajstić information content (AvgIpc) is 3.01. The van der Waals surface area contributed by atoms with E-state index in [0.29, 0.717) is 19.1 Å². The van der Waals surface area contributed by atoms with Crippen molar-refractivity contribution in [2.45, 2.75) is 24.7 Å². The highest BCUT2D eigenvalue weighted by molar-refractivity contribution is 6.28. The maximum Gasteiger partial charge on any atom is 0.245 e. The molecule has 0 radical (unpaired) electrons. The van der Waals surface area contributed by atoms with Crippen LogP contribution in [0.1, 0.15) is 28.9 Å². The summed E-state index contributed by atoms with van der Waals surface area (Å²) >= 11 is 5.65. The summed E-state index contributed by atoms with van der Waals surface area (Å²) in [5, 5.41) is -0.112. The van der Waals surface area contributed by atoms with E-state index in [1.54, 1.807) is 0 Å². The number of fused-ring (bicyclic) bond motifs is 1. The number of hydrogen-bond donors (Lipinski definition) is 1. The van der Waals surface area contributed by atoms with E-state index in [0.717, 1.165) is 0 Å². The Labute approximate surface area is 100 Å². The summed E-state index contributed by atoms with van der Waals surface area (Å²) in [6.07, 6.45) is -1.23. The number of anilines is 1. The summed E-state index contributed by atoms with van der Waals surface area (Å²) in [4.78, 5) is 18.5. The fraction of sp³-hybridized carbons (Fsp3) is 0.500. The first-order chi connectivity index (χ1) is 7.97. The van der Waals surface area contributed by atoms with Gasteiger partial charge in [0.1, 0.15) is 5.82 Å². The van der Waals surface area contributed by atoms with Crippen molar-refractivity contribution in [3.63, 3.8) is 0 Å². The minimum Gasteiger partial charge on any atom is -0.383 e. The molecular weight excluding hydrogens is 252 g/mol. The van der Waals surface area contributed by atoms with Crippen LogP contribution in [0.15, 0.2) is 0 Å². The highest BCUT2D eigenvalue weighted by Gasteiger charge is 2.89. The van der Waals surface area contributed by atoms with Crippen molar-refractivity contribution in [3.05, 3.63) is 16.5 Å². The molecule has 1 aromatic rings. The summed E-state index contributed by atoms with van der Waals surface area (Å²) in [7, 11) is 0. The molecule has 1 heterocycles. The molecule has 0 bridgehead atoms. The third-order valence-corrected chi connectivity index (χ3v) is 4.04. The number of rotatable bonds is 3. The lowest BCUT2D eigenvalue weighted by Gasteiger charge is -2.07. The van der Waals surface area contributed by atoms with Gasteiger partial charge >= 0.3 is 0 Å². The zero-order valence-corrected chi connectivity index (χ0v) is 9.34. The van der Waals surface area contributed by atoms with Gasteiger partial charge in [-0.25, -0.2) is 18.7 Å². The molecule has 0 atom stereocenters. The van der Waals surface area contributed by atoms with Crippen LogP contribution >= 0.6 is 11.6 Å². The molecule has 2 aliphatic rings. The SMILES string of the molecule is Nc1nc(Cl)nc(C23CC2(C(F)F)C3)c1C=O. The summed E-state index contributed by atoms with van der Waals surface area (Å²) in [5.74, 6) is -0.0497. The standard InChI is InChI=1S/C10H8ClF2N3O/c11-8-15-5(4(1-17)6(14)16-8)9-2-10(9,3-9)7(12)13/h1,7H,2-3H2,(H2,14,15,16). The van der Waals surface area contributed by atoms with Gasteiger partial charge in [0.2, 0.25) is 11.7 Å². The maximum atomic E-state index is 12.8. The predicted octanol–water partition coefficient (Wildman–Crippen LogP) is 1.82. The minimum absolute atomic E-state index is 0.0497. The van der Waals surface area contributed by atoms with E-state index >= 15 is 0 Å². The first-order valence-corrected chi connectivity index (χ1v) is 5.41. The summed E-state index contributed by atoms with van der Waals surface area (Å²) in [5.41, 5.74) is 4.21. The molecule has 7 heteroatoms. The van der Waals surface area contributed by atoms with Crippen LogP contribution in [0.3, 0.4) is 0 Å². The molecule has 0 aromatic carbocycles. The number of aldehydes is 1. The molecule has 1 aromatic heterocycles. The predicted molar refractivity (Wildman–Crippen MR) is 56.2 cm³/mol. The topological polar surface area (TPSA) is 68.9 Å². The third-order valence-electron chi connectivity index (χ3n) is 3.87. The minimum atomic E-state index is -2.41. The van der Waals surface area contributed by atoms with Gasteiger partial charge < -0.3 is 5.73 Å². The number of carbonyl (C=O) groups excluding carboxylic acids is 1. The Hall–Kier alpha value is -1.30. The van der Waals surface area contributed by atoms with Gasteiger partial charge in [0.05, 0.1) is 11.3 Å². The number of hydrogen-bond acceptors (Lipinski definition) is 4. The Morgan fingerprint density at radius 3 is 2.53 bits per heavy atom. The highest BCUT2D eigenvalue weighted by atomic mass is 35.5. The van der Waals surface area contributed by atoms with E-state index in [4.69, 9.17) is 17.3 Å². The van der Waals surface area contributed by atoms with Crippen molar-refractivity contribution in [1.82, 2.24) is 9.97 Å². The van der Waals surface area contributed by atoms with Crippen molar-refractivity contribution in [2.75, 3.05) is 5.73 Å². The van der Waals surface area contributed by atoms with E-state index in [9.17, 15) is 13.6 Å². The Morgan fingerprint density at radius 2 is 2.06 bits per heavy atom. The zero-order valence-electron chi connectivity index (χ0n) is 8.58. The molecule has 0 spiro atoms. The molecule has 2 aliphatic carbocycles. The van der Waals surface area contributed by atoms with E-state index in [2.05, 4.69) is 9.97 Å². The van der Waals surface area contributed by atoms with Gasteiger partial charge in [0.15, 0.2) is 6.29 Å². The van der Waals surface area contributed by atoms with Gasteiger partial charge in [-0.05, 0) is 24.4 Å². The average molecular weight is 260 g/mol. The lowest BCUT2D eigenvalue weighted by Crippen LogP contribution is -2.10. The molecule has 2 N–H and O–H groups in total. The Kier molecular flexibility index (Phi) is 1.86. The second kappa shape index (κ2) is 2.93. The summed E-state index contributed by atoms with van der Waals surface area (Å²) in [6, 6.07) is 0. The van der Waals surface area contributed by atoms with E-state index in [-0.39, 0.29) is 22.4 Å². The van der Waals surface area contributed by atoms with Gasteiger partial charge in [0, 0.05) is 10.8 Å². The molecule has 0 unspecified atom stereocenters. The zero-order chi connectivity index (χ0) is 12.4. The first kappa shape index (κ1) is 10.8. The second-order valence-electron chi connectivity index (χ2n) is 4.65. The Bertz CT molecular complexity index is 529. The van der Waals surface area contributed by atoms with Crippen LogP contribution in [0.4, 0.5) is 14.6 Å². The van der Waals surface area contributed by atoms with Gasteiger partial charge in [-0.1, -0.05) is 0 Å². The number of nitrogen functional groups attached to an aromatic ring is 1. The highest BCUT2D eigenvalue weighted by Crippen LogP contribution is 2.88. The largest absolute Gasteiger partial charge is 0.383 e. The number of nitrogens with zero attached hydrogens (tertiary/aromatic N) is 2. The van der Waals surface area contributed by atoms with E-state index in [1.165, 1.54) is 0 Å². The van der Waals surface area contributed by atoms with E-state index in [1.807, 2.05) is 0 Å². The fourth-order valence-electron chi connectivity index (χ4n) is 2.64. The molecule has 2 fully saturated rings. The number of aromatic nitrogens is 2. The first-order valence-electron chi connectivity index (χ1n) is 5.04. The van der Waals surface area contributed by atoms with Gasteiger partial charge in [0.25, 0.3) is 0 Å². The lowest BCUT2D eigenvalue weighted by atomic mass is 10.1.